The highest BCUT2D eigenvalue weighted by Gasteiger charge is 2.22. The number of methoxy groups -OCH3 is 1. The average molecular weight is 618 g/mol. The molecule has 0 amide bonds. The van der Waals surface area contributed by atoms with Crippen LogP contribution in [0.3, 0.4) is 0 Å². The molecule has 4 nitrogen and oxygen atoms in total. The second-order valence-electron chi connectivity index (χ2n) is 8.84. The van der Waals surface area contributed by atoms with Gasteiger partial charge in [0, 0.05) is 75.2 Å². The number of hydrogen-bond donors (Lipinski definition) is 1. The maximum atomic E-state index is 6.22. The Balaban J connectivity index is 1.63. The topological polar surface area (TPSA) is 37.4 Å². The lowest BCUT2D eigenvalue weighted by molar-refractivity contribution is 0.382. The highest BCUT2D eigenvalue weighted by Crippen LogP contribution is 2.39. The first-order valence-electron chi connectivity index (χ1n) is 11.7. The molecule has 5 rings (SSSR count). The van der Waals surface area contributed by atoms with Crippen LogP contribution < -0.4 is 10.1 Å². The third kappa shape index (κ3) is 5.53. The summed E-state index contributed by atoms with van der Waals surface area (Å²) in [5.41, 5.74) is 5.36. The Hall–Kier alpha value is -2.06. The zero-order chi connectivity index (χ0) is 24.4. The summed E-state index contributed by atoms with van der Waals surface area (Å²) < 4.78 is 8.20. The van der Waals surface area contributed by atoms with Crippen molar-refractivity contribution in [1.82, 2.24) is 8.10 Å². The Morgan fingerprint density at radius 1 is 0.914 bits per heavy atom. The Morgan fingerprint density at radius 3 is 2.09 bits per heavy atom. The first-order valence-corrected chi connectivity index (χ1v) is 13.4. The van der Waals surface area contributed by atoms with Gasteiger partial charge in [-0.25, -0.2) is 3.11 Å². The van der Waals surface area contributed by atoms with Crippen molar-refractivity contribution in [2.45, 2.75) is 24.8 Å². The van der Waals surface area contributed by atoms with Crippen LogP contribution in [-0.2, 0) is 0 Å². The summed E-state index contributed by atoms with van der Waals surface area (Å²) in [6, 6.07) is 22.9. The van der Waals surface area contributed by atoms with Crippen molar-refractivity contribution < 1.29 is 4.74 Å². The SMILES string of the molecule is COc1cc(C(c2ccc(Cl)cc2)c2ccc(Cl)cc2)cc2c(NC3CCN(I)CC3)ccnc12. The fraction of sp³-hybridized carbons (Fsp3) is 0.250. The van der Waals surface area contributed by atoms with Gasteiger partial charge in [0.2, 0.25) is 0 Å². The minimum Gasteiger partial charge on any atom is -0.494 e. The van der Waals surface area contributed by atoms with E-state index in [2.05, 4.69) is 78.7 Å². The molecule has 1 aliphatic heterocycles. The summed E-state index contributed by atoms with van der Waals surface area (Å²) >= 11 is 14.8. The lowest BCUT2D eigenvalue weighted by Gasteiger charge is -2.29. The van der Waals surface area contributed by atoms with E-state index in [1.54, 1.807) is 7.11 Å². The lowest BCUT2D eigenvalue weighted by atomic mass is 9.84. The molecule has 2 heterocycles. The average Bonchev–Trinajstić information content (AvgIpc) is 2.88. The molecule has 7 heteroatoms. The number of halogens is 3. The molecule has 3 aromatic carbocycles. The zero-order valence-electron chi connectivity index (χ0n) is 19.3. The molecule has 0 aliphatic carbocycles. The predicted octanol–water partition coefficient (Wildman–Crippen LogP) is 7.96. The monoisotopic (exact) mass is 617 g/mol. The van der Waals surface area contributed by atoms with Gasteiger partial charge in [-0.05, 0) is 72.0 Å². The standard InChI is InChI=1S/C28H26Cl2IN3O/c1-35-26-17-20(27(18-2-6-21(29)7-3-18)19-4-8-22(30)9-5-19)16-24-25(10-13-32-28(24)26)33-23-11-14-34(31)15-12-23/h2-10,13,16-17,23,27H,11-12,14-15H2,1H3,(H,32,33). The van der Waals surface area contributed by atoms with Crippen LogP contribution in [0.4, 0.5) is 5.69 Å². The smallest absolute Gasteiger partial charge is 0.145 e. The summed E-state index contributed by atoms with van der Waals surface area (Å²) in [5, 5.41) is 6.29. The molecule has 1 N–H and O–H groups in total. The molecule has 4 aromatic rings. The van der Waals surface area contributed by atoms with Gasteiger partial charge in [0.15, 0.2) is 0 Å². The third-order valence-electron chi connectivity index (χ3n) is 6.59. The zero-order valence-corrected chi connectivity index (χ0v) is 23.0. The molecule has 1 saturated heterocycles. The van der Waals surface area contributed by atoms with Crippen LogP contribution >= 0.6 is 46.1 Å². The summed E-state index contributed by atoms with van der Waals surface area (Å²) in [6.07, 6.45) is 4.08. The molecular weight excluding hydrogens is 592 g/mol. The molecule has 0 saturated carbocycles. The molecule has 0 radical (unpaired) electrons. The fourth-order valence-corrected chi connectivity index (χ4v) is 5.60. The van der Waals surface area contributed by atoms with Gasteiger partial charge in [0.1, 0.15) is 11.3 Å². The van der Waals surface area contributed by atoms with Crippen LogP contribution in [-0.4, -0.2) is 34.3 Å². The van der Waals surface area contributed by atoms with E-state index in [4.69, 9.17) is 27.9 Å². The van der Waals surface area contributed by atoms with Crippen molar-refractivity contribution in [1.29, 1.82) is 0 Å². The molecule has 0 spiro atoms. The molecule has 1 aromatic heterocycles. The van der Waals surface area contributed by atoms with Gasteiger partial charge < -0.3 is 10.1 Å². The van der Waals surface area contributed by atoms with E-state index >= 15 is 0 Å². The number of pyridine rings is 1. The van der Waals surface area contributed by atoms with Crippen LogP contribution in [0.1, 0.15) is 35.4 Å². The van der Waals surface area contributed by atoms with Gasteiger partial charge in [-0.3, -0.25) is 4.98 Å². The first-order chi connectivity index (χ1) is 17.0. The van der Waals surface area contributed by atoms with Gasteiger partial charge in [-0.2, -0.15) is 0 Å². The summed E-state index contributed by atoms with van der Waals surface area (Å²) in [6.45, 7) is 2.18. The van der Waals surface area contributed by atoms with E-state index in [0.717, 1.165) is 65.0 Å². The van der Waals surface area contributed by atoms with Gasteiger partial charge in [0.25, 0.3) is 0 Å². The molecule has 0 atom stereocenters. The normalized spacial score (nSPS) is 15.0. The van der Waals surface area contributed by atoms with Gasteiger partial charge in [-0.1, -0.05) is 47.5 Å². The van der Waals surface area contributed by atoms with E-state index in [-0.39, 0.29) is 5.92 Å². The predicted molar refractivity (Wildman–Crippen MR) is 154 cm³/mol. The van der Waals surface area contributed by atoms with Crippen molar-refractivity contribution in [3.63, 3.8) is 0 Å². The van der Waals surface area contributed by atoms with E-state index in [1.807, 2.05) is 30.5 Å². The highest BCUT2D eigenvalue weighted by atomic mass is 127. The quantitative estimate of drug-likeness (QED) is 0.135. The number of fused-ring (bicyclic) bond motifs is 1. The van der Waals surface area contributed by atoms with Gasteiger partial charge in [0.05, 0.1) is 7.11 Å². The minimum absolute atomic E-state index is 0.0156. The number of aromatic nitrogens is 1. The Labute approximate surface area is 230 Å². The van der Waals surface area contributed by atoms with Crippen molar-refractivity contribution >= 4 is 62.7 Å². The number of benzene rings is 3. The molecule has 35 heavy (non-hydrogen) atoms. The summed E-state index contributed by atoms with van der Waals surface area (Å²) in [4.78, 5) is 4.68. The minimum atomic E-state index is -0.0156. The van der Waals surface area contributed by atoms with E-state index in [0.29, 0.717) is 16.1 Å². The molecule has 0 unspecified atom stereocenters. The van der Waals surface area contributed by atoms with Crippen LogP contribution in [0.5, 0.6) is 5.75 Å². The van der Waals surface area contributed by atoms with E-state index < -0.39 is 0 Å². The fourth-order valence-electron chi connectivity index (χ4n) is 4.79. The number of hydrogen-bond acceptors (Lipinski definition) is 4. The molecule has 1 aliphatic rings. The third-order valence-corrected chi connectivity index (χ3v) is 8.06. The number of anilines is 1. The van der Waals surface area contributed by atoms with Gasteiger partial charge >= 0.3 is 0 Å². The Kier molecular flexibility index (Phi) is 7.68. The van der Waals surface area contributed by atoms with Crippen molar-refractivity contribution in [2.75, 3.05) is 25.5 Å². The number of nitrogens with zero attached hydrogens (tertiary/aromatic N) is 2. The number of ether oxygens (including phenoxy) is 1. The highest BCUT2D eigenvalue weighted by molar-refractivity contribution is 14.1. The van der Waals surface area contributed by atoms with Crippen LogP contribution in [0.25, 0.3) is 10.9 Å². The Morgan fingerprint density at radius 2 is 1.51 bits per heavy atom. The van der Waals surface area contributed by atoms with Crippen molar-refractivity contribution in [2.24, 2.45) is 0 Å². The van der Waals surface area contributed by atoms with E-state index in [9.17, 15) is 0 Å². The van der Waals surface area contributed by atoms with Crippen LogP contribution in [0.2, 0.25) is 10.0 Å². The lowest BCUT2D eigenvalue weighted by Crippen LogP contribution is -2.34. The largest absolute Gasteiger partial charge is 0.494 e. The first kappa shape index (κ1) is 24.6. The maximum absolute atomic E-state index is 6.22. The molecular formula is C28H26Cl2IN3O. The summed E-state index contributed by atoms with van der Waals surface area (Å²) in [5.74, 6) is 0.745. The molecule has 180 valence electrons. The van der Waals surface area contributed by atoms with Gasteiger partial charge in [-0.15, -0.1) is 0 Å². The number of rotatable bonds is 6. The van der Waals surface area contributed by atoms with Crippen LogP contribution in [0.15, 0.2) is 72.9 Å². The maximum Gasteiger partial charge on any atom is 0.145 e. The Bertz CT molecular complexity index is 1260. The number of nitrogens with one attached hydrogen (secondary N) is 1. The second kappa shape index (κ2) is 10.9. The number of piperidine rings is 1. The summed E-state index contributed by atoms with van der Waals surface area (Å²) in [7, 11) is 1.70. The van der Waals surface area contributed by atoms with Crippen molar-refractivity contribution in [3.8, 4) is 5.75 Å². The van der Waals surface area contributed by atoms with Crippen LogP contribution in [0, 0.1) is 0 Å². The van der Waals surface area contributed by atoms with E-state index in [1.165, 1.54) is 0 Å². The molecule has 1 fully saturated rings. The molecule has 0 bridgehead atoms. The van der Waals surface area contributed by atoms with Crippen molar-refractivity contribution in [3.05, 3.63) is 99.7 Å². The second-order valence-corrected chi connectivity index (χ2v) is 11.1.